The van der Waals surface area contributed by atoms with E-state index in [0.29, 0.717) is 27.0 Å². The Hall–Kier alpha value is -1.82. The smallest absolute Gasteiger partial charge is 0.535 e. The van der Waals surface area contributed by atoms with Crippen LogP contribution in [-0.4, -0.2) is 45.7 Å². The quantitative estimate of drug-likeness (QED) is 0.665. The van der Waals surface area contributed by atoms with Crippen molar-refractivity contribution in [2.75, 3.05) is 12.8 Å². The maximum absolute atomic E-state index is 11.6. The lowest BCUT2D eigenvalue weighted by atomic mass is 9.77. The summed E-state index contributed by atoms with van der Waals surface area (Å²) in [4.78, 5) is 11.6. The predicted molar refractivity (Wildman–Crippen MR) is 90.4 cm³/mol. The molecule has 0 amide bonds. The van der Waals surface area contributed by atoms with E-state index in [4.69, 9.17) is 15.1 Å². The molecule has 1 atom stereocenters. The van der Waals surface area contributed by atoms with Crippen LogP contribution in [0.25, 0.3) is 0 Å². The van der Waals surface area contributed by atoms with E-state index in [1.807, 2.05) is 0 Å². The number of thioether (sulfide) groups is 1. The Morgan fingerprint density at radius 2 is 2.38 bits per heavy atom. The molecule has 0 radical (unpaired) electrons. The molecule has 11 heteroatoms. The summed E-state index contributed by atoms with van der Waals surface area (Å²) in [6.07, 6.45) is 0.439. The number of aromatic carboxylic acids is 1. The second kappa shape index (κ2) is 6.97. The third-order valence-corrected chi connectivity index (χ3v) is 5.56. The number of methoxy groups -OCH3 is 1. The fraction of sp³-hybridized carbons (Fsp3) is 0.308. The van der Waals surface area contributed by atoms with Crippen LogP contribution in [-0.2, 0) is 17.8 Å². The Morgan fingerprint density at radius 3 is 3.00 bits per heavy atom. The molecule has 1 aliphatic rings. The molecular formula is C13H14BN3O5S2. The molecule has 0 saturated carbocycles. The van der Waals surface area contributed by atoms with Crippen LogP contribution in [0.3, 0.4) is 0 Å². The van der Waals surface area contributed by atoms with Crippen LogP contribution in [0.5, 0.6) is 5.75 Å². The van der Waals surface area contributed by atoms with E-state index in [0.717, 1.165) is 0 Å². The Balaban J connectivity index is 1.90. The average Bonchev–Trinajstić information content (AvgIpc) is 2.93. The van der Waals surface area contributed by atoms with Gasteiger partial charge in [0.15, 0.2) is 4.34 Å². The summed E-state index contributed by atoms with van der Waals surface area (Å²) >= 11 is 2.53. The molecular weight excluding hydrogens is 353 g/mol. The molecule has 0 fully saturated rings. The maximum atomic E-state index is 11.6. The Labute approximate surface area is 146 Å². The molecule has 1 aromatic carbocycles. The summed E-state index contributed by atoms with van der Waals surface area (Å²) < 4.78 is 11.2. The SMILES string of the molecule is COCc1ccc2c(c1C(=O)O)OB(O)C(Sc1nnc(N)s1)C2. The van der Waals surface area contributed by atoms with Gasteiger partial charge in [-0.3, -0.25) is 0 Å². The van der Waals surface area contributed by atoms with Crippen molar-refractivity contribution < 1.29 is 24.3 Å². The molecule has 0 bridgehead atoms. The molecule has 4 N–H and O–H groups in total. The number of hydrogen-bond acceptors (Lipinski definition) is 9. The second-order valence-electron chi connectivity index (χ2n) is 5.10. The molecule has 1 aromatic heterocycles. The van der Waals surface area contributed by atoms with Crippen molar-refractivity contribution in [3.8, 4) is 5.75 Å². The van der Waals surface area contributed by atoms with Gasteiger partial charge in [0.2, 0.25) is 5.13 Å². The van der Waals surface area contributed by atoms with Gasteiger partial charge in [-0.1, -0.05) is 35.2 Å². The van der Waals surface area contributed by atoms with Crippen molar-refractivity contribution in [2.24, 2.45) is 0 Å². The Kier molecular flexibility index (Phi) is 4.95. The summed E-state index contributed by atoms with van der Waals surface area (Å²) in [6, 6.07) is 3.50. The van der Waals surface area contributed by atoms with Gasteiger partial charge in [0.05, 0.1) is 11.8 Å². The first-order valence-electron chi connectivity index (χ1n) is 6.97. The summed E-state index contributed by atoms with van der Waals surface area (Å²) in [5, 5.41) is 27.4. The highest BCUT2D eigenvalue weighted by atomic mass is 32.2. The number of fused-ring (bicyclic) bond motifs is 1. The molecule has 24 heavy (non-hydrogen) atoms. The van der Waals surface area contributed by atoms with Crippen molar-refractivity contribution in [2.45, 2.75) is 22.5 Å². The lowest BCUT2D eigenvalue weighted by Crippen LogP contribution is -2.41. The number of nitrogen functional groups attached to an aromatic ring is 1. The van der Waals surface area contributed by atoms with Crippen LogP contribution in [0.4, 0.5) is 5.13 Å². The number of anilines is 1. The van der Waals surface area contributed by atoms with Crippen LogP contribution < -0.4 is 10.4 Å². The minimum atomic E-state index is -1.16. The van der Waals surface area contributed by atoms with Gasteiger partial charge in [0.1, 0.15) is 11.3 Å². The van der Waals surface area contributed by atoms with Crippen LogP contribution in [0, 0.1) is 0 Å². The van der Waals surface area contributed by atoms with E-state index >= 15 is 0 Å². The minimum absolute atomic E-state index is 0.0250. The molecule has 0 spiro atoms. The number of nitrogens with zero attached hydrogens (tertiary/aromatic N) is 2. The normalized spacial score (nSPS) is 16.6. The number of carboxylic acids is 1. The number of ether oxygens (including phenoxy) is 1. The number of carboxylic acid groups (broad SMARTS) is 1. The Bertz CT molecular complexity index is 772. The van der Waals surface area contributed by atoms with Gasteiger partial charge < -0.3 is 25.3 Å². The molecule has 126 valence electrons. The van der Waals surface area contributed by atoms with Crippen molar-refractivity contribution in [3.05, 3.63) is 28.8 Å². The van der Waals surface area contributed by atoms with E-state index in [9.17, 15) is 14.9 Å². The first-order valence-corrected chi connectivity index (χ1v) is 8.66. The first-order chi connectivity index (χ1) is 11.5. The van der Waals surface area contributed by atoms with E-state index < -0.39 is 13.1 Å². The van der Waals surface area contributed by atoms with Crippen LogP contribution in [0.15, 0.2) is 16.5 Å². The molecule has 1 unspecified atom stereocenters. The minimum Gasteiger partial charge on any atom is -0.535 e. The number of nitrogens with two attached hydrogens (primary N) is 1. The highest BCUT2D eigenvalue weighted by molar-refractivity contribution is 8.02. The van der Waals surface area contributed by atoms with Gasteiger partial charge in [0.25, 0.3) is 0 Å². The maximum Gasteiger partial charge on any atom is 0.537 e. The third kappa shape index (κ3) is 3.34. The highest BCUT2D eigenvalue weighted by Gasteiger charge is 2.38. The number of benzene rings is 1. The largest absolute Gasteiger partial charge is 0.537 e. The van der Waals surface area contributed by atoms with Gasteiger partial charge in [0, 0.05) is 7.11 Å². The number of aromatic nitrogens is 2. The monoisotopic (exact) mass is 367 g/mol. The van der Waals surface area contributed by atoms with E-state index in [2.05, 4.69) is 10.2 Å². The van der Waals surface area contributed by atoms with Gasteiger partial charge >= 0.3 is 13.1 Å². The fourth-order valence-electron chi connectivity index (χ4n) is 2.48. The summed E-state index contributed by atoms with van der Waals surface area (Å²) in [7, 11) is 0.324. The zero-order valence-electron chi connectivity index (χ0n) is 12.6. The van der Waals surface area contributed by atoms with E-state index in [1.54, 1.807) is 12.1 Å². The average molecular weight is 367 g/mol. The lowest BCUT2D eigenvalue weighted by molar-refractivity contribution is 0.0689. The van der Waals surface area contributed by atoms with E-state index in [1.165, 1.54) is 30.2 Å². The zero-order valence-corrected chi connectivity index (χ0v) is 14.3. The Morgan fingerprint density at radius 1 is 1.58 bits per heavy atom. The summed E-state index contributed by atoms with van der Waals surface area (Å²) in [5.74, 6) is -0.924. The molecule has 1 aliphatic heterocycles. The van der Waals surface area contributed by atoms with Crippen molar-refractivity contribution in [1.29, 1.82) is 0 Å². The topological polar surface area (TPSA) is 128 Å². The first kappa shape index (κ1) is 17.0. The lowest BCUT2D eigenvalue weighted by Gasteiger charge is -2.28. The van der Waals surface area contributed by atoms with Gasteiger partial charge in [-0.05, 0) is 17.5 Å². The van der Waals surface area contributed by atoms with Crippen molar-refractivity contribution >= 4 is 41.3 Å². The summed E-state index contributed by atoms with van der Waals surface area (Å²) in [6.45, 7) is 0.149. The fourth-order valence-corrected chi connectivity index (χ4v) is 4.43. The molecule has 0 saturated heterocycles. The zero-order chi connectivity index (χ0) is 17.3. The standard InChI is InChI=1S/C13H14BN3O5S2/c1-21-5-7-3-2-6-4-8(23-13-17-16-12(15)24-13)14(20)22-10(6)9(7)11(18)19/h2-3,8,20H,4-5H2,1H3,(H2,15,16)(H,18,19). The number of carbonyl (C=O) groups is 1. The molecule has 8 nitrogen and oxygen atoms in total. The number of rotatable bonds is 5. The van der Waals surface area contributed by atoms with E-state index in [-0.39, 0.29) is 23.1 Å². The van der Waals surface area contributed by atoms with Crippen molar-refractivity contribution in [3.63, 3.8) is 0 Å². The molecule has 2 heterocycles. The molecule has 3 rings (SSSR count). The van der Waals surface area contributed by atoms with Crippen molar-refractivity contribution in [1.82, 2.24) is 10.2 Å². The second-order valence-corrected chi connectivity index (χ2v) is 7.60. The van der Waals surface area contributed by atoms with Gasteiger partial charge in [-0.2, -0.15) is 0 Å². The summed E-state index contributed by atoms with van der Waals surface area (Å²) in [5.41, 5.74) is 6.79. The third-order valence-electron chi connectivity index (χ3n) is 3.49. The predicted octanol–water partition coefficient (Wildman–Crippen LogP) is 1.08. The van der Waals surface area contributed by atoms with Crippen LogP contribution in [0.2, 0.25) is 0 Å². The van der Waals surface area contributed by atoms with Gasteiger partial charge in [-0.15, -0.1) is 10.2 Å². The molecule has 2 aromatic rings. The number of hydrogen-bond donors (Lipinski definition) is 3. The highest BCUT2D eigenvalue weighted by Crippen LogP contribution is 2.38. The van der Waals surface area contributed by atoms with Crippen LogP contribution in [0.1, 0.15) is 21.5 Å². The molecule has 0 aliphatic carbocycles. The van der Waals surface area contributed by atoms with Gasteiger partial charge in [-0.25, -0.2) is 4.79 Å². The van der Waals surface area contributed by atoms with Crippen LogP contribution >= 0.6 is 23.1 Å².